The Labute approximate surface area is 108 Å². The molecule has 18 heavy (non-hydrogen) atoms. The Bertz CT molecular complexity index is 692. The van der Waals surface area contributed by atoms with E-state index in [1.54, 1.807) is 6.92 Å². The molecule has 2 aromatic heterocycles. The van der Waals surface area contributed by atoms with Crippen LogP contribution >= 0.6 is 11.8 Å². The van der Waals surface area contributed by atoms with Crippen LogP contribution in [0.1, 0.15) is 5.82 Å². The summed E-state index contributed by atoms with van der Waals surface area (Å²) in [5.41, 5.74) is 7.14. The average molecular weight is 257 g/mol. The lowest BCUT2D eigenvalue weighted by Crippen LogP contribution is -1.96. The summed E-state index contributed by atoms with van der Waals surface area (Å²) >= 11 is 1.54. The predicted octanol–water partition coefficient (Wildman–Crippen LogP) is 2.39. The molecule has 0 saturated carbocycles. The molecular formula is C12H11N5S. The van der Waals surface area contributed by atoms with Crippen LogP contribution in [0.5, 0.6) is 0 Å². The van der Waals surface area contributed by atoms with Crippen LogP contribution in [0.2, 0.25) is 0 Å². The number of hydrogen-bond donors (Lipinski definition) is 2. The van der Waals surface area contributed by atoms with E-state index < -0.39 is 0 Å². The third kappa shape index (κ3) is 2.02. The van der Waals surface area contributed by atoms with E-state index in [0.29, 0.717) is 22.8 Å². The van der Waals surface area contributed by atoms with E-state index in [1.165, 1.54) is 11.8 Å². The minimum atomic E-state index is 0.435. The van der Waals surface area contributed by atoms with Crippen molar-refractivity contribution in [2.45, 2.75) is 17.0 Å². The van der Waals surface area contributed by atoms with Gasteiger partial charge in [-0.25, -0.2) is 15.0 Å². The van der Waals surface area contributed by atoms with Gasteiger partial charge in [-0.15, -0.1) is 0 Å². The molecule has 0 saturated heterocycles. The summed E-state index contributed by atoms with van der Waals surface area (Å²) in [5.74, 6) is 1.06. The highest BCUT2D eigenvalue weighted by atomic mass is 32.2. The molecule has 0 unspecified atom stereocenters. The number of fused-ring (bicyclic) bond motifs is 1. The van der Waals surface area contributed by atoms with Gasteiger partial charge in [0.05, 0.1) is 0 Å². The summed E-state index contributed by atoms with van der Waals surface area (Å²) < 4.78 is 0. The molecule has 0 aliphatic carbocycles. The fraction of sp³-hybridized carbons (Fsp3) is 0.0833. The molecule has 1 aromatic carbocycles. The van der Waals surface area contributed by atoms with Crippen LogP contribution in [-0.2, 0) is 0 Å². The first kappa shape index (κ1) is 11.0. The standard InChI is InChI=1S/C12H11N5S/c1-7-14-10(13)9-11(15-7)17-12(16-9)18-8-5-3-2-4-6-8/h2-6H,1H3,(H3,13,14,15,16,17). The lowest BCUT2D eigenvalue weighted by Gasteiger charge is -1.95. The number of rotatable bonds is 2. The first-order valence-corrected chi connectivity index (χ1v) is 6.27. The number of imidazole rings is 1. The molecule has 0 fully saturated rings. The van der Waals surface area contributed by atoms with Crippen molar-refractivity contribution >= 4 is 28.7 Å². The van der Waals surface area contributed by atoms with E-state index in [9.17, 15) is 0 Å². The van der Waals surface area contributed by atoms with Crippen LogP contribution < -0.4 is 5.73 Å². The first-order chi connectivity index (χ1) is 8.72. The summed E-state index contributed by atoms with van der Waals surface area (Å²) in [6.45, 7) is 1.80. The first-order valence-electron chi connectivity index (χ1n) is 5.45. The predicted molar refractivity (Wildman–Crippen MR) is 71.4 cm³/mol. The van der Waals surface area contributed by atoms with Crippen molar-refractivity contribution in [1.82, 2.24) is 19.9 Å². The van der Waals surface area contributed by atoms with Gasteiger partial charge in [-0.1, -0.05) is 30.0 Å². The number of nitrogens with one attached hydrogen (secondary N) is 1. The fourth-order valence-corrected chi connectivity index (χ4v) is 2.46. The topological polar surface area (TPSA) is 80.5 Å². The van der Waals surface area contributed by atoms with Crippen LogP contribution in [0.15, 0.2) is 40.4 Å². The number of aromatic amines is 1. The number of benzene rings is 1. The van der Waals surface area contributed by atoms with Gasteiger partial charge in [0.15, 0.2) is 16.6 Å². The maximum Gasteiger partial charge on any atom is 0.184 e. The molecule has 0 atom stereocenters. The number of nitrogens with two attached hydrogens (primary N) is 1. The van der Waals surface area contributed by atoms with Crippen molar-refractivity contribution in [3.63, 3.8) is 0 Å². The second kappa shape index (κ2) is 4.30. The molecule has 0 amide bonds. The molecule has 3 N–H and O–H groups in total. The van der Waals surface area contributed by atoms with Crippen molar-refractivity contribution in [3.8, 4) is 0 Å². The largest absolute Gasteiger partial charge is 0.382 e. The van der Waals surface area contributed by atoms with E-state index in [2.05, 4.69) is 19.9 Å². The molecule has 5 nitrogen and oxygen atoms in total. The molecule has 0 bridgehead atoms. The van der Waals surface area contributed by atoms with Gasteiger partial charge >= 0.3 is 0 Å². The number of aromatic nitrogens is 4. The maximum atomic E-state index is 5.83. The Morgan fingerprint density at radius 3 is 2.67 bits per heavy atom. The normalized spacial score (nSPS) is 10.9. The smallest absolute Gasteiger partial charge is 0.184 e. The van der Waals surface area contributed by atoms with Crippen LogP contribution in [0.3, 0.4) is 0 Å². The van der Waals surface area contributed by atoms with Crippen LogP contribution in [0, 0.1) is 6.92 Å². The van der Waals surface area contributed by atoms with Gasteiger partial charge in [-0.2, -0.15) is 0 Å². The zero-order valence-electron chi connectivity index (χ0n) is 9.71. The minimum Gasteiger partial charge on any atom is -0.382 e. The van der Waals surface area contributed by atoms with Crippen LogP contribution in [0.4, 0.5) is 5.82 Å². The average Bonchev–Trinajstić information content (AvgIpc) is 2.73. The van der Waals surface area contributed by atoms with Gasteiger partial charge in [-0.05, 0) is 19.1 Å². The summed E-state index contributed by atoms with van der Waals surface area (Å²) in [7, 11) is 0. The molecule has 90 valence electrons. The van der Waals surface area contributed by atoms with E-state index in [-0.39, 0.29) is 0 Å². The summed E-state index contributed by atoms with van der Waals surface area (Å²) in [5, 5.41) is 0.766. The molecule has 6 heteroatoms. The van der Waals surface area contributed by atoms with Crippen molar-refractivity contribution < 1.29 is 0 Å². The van der Waals surface area contributed by atoms with Gasteiger partial charge in [0.2, 0.25) is 0 Å². The number of aryl methyl sites for hydroxylation is 1. The third-order valence-electron chi connectivity index (χ3n) is 2.43. The molecule has 3 rings (SSSR count). The van der Waals surface area contributed by atoms with E-state index in [0.717, 1.165) is 10.1 Å². The van der Waals surface area contributed by atoms with Crippen molar-refractivity contribution in [2.75, 3.05) is 5.73 Å². The van der Waals surface area contributed by atoms with Crippen molar-refractivity contribution in [3.05, 3.63) is 36.2 Å². The van der Waals surface area contributed by atoms with Gasteiger partial charge in [0, 0.05) is 4.90 Å². The summed E-state index contributed by atoms with van der Waals surface area (Å²) in [6, 6.07) is 10.0. The molecule has 0 aliphatic rings. The lowest BCUT2D eigenvalue weighted by atomic mass is 10.4. The van der Waals surface area contributed by atoms with Crippen LogP contribution in [-0.4, -0.2) is 19.9 Å². The second-order valence-corrected chi connectivity index (χ2v) is 4.87. The molecule has 3 aromatic rings. The number of hydrogen-bond acceptors (Lipinski definition) is 5. The highest BCUT2D eigenvalue weighted by Crippen LogP contribution is 2.27. The van der Waals surface area contributed by atoms with Crippen molar-refractivity contribution in [1.29, 1.82) is 0 Å². The van der Waals surface area contributed by atoms with E-state index >= 15 is 0 Å². The fourth-order valence-electron chi connectivity index (χ4n) is 1.66. The van der Waals surface area contributed by atoms with Crippen LogP contribution in [0.25, 0.3) is 11.2 Å². The zero-order chi connectivity index (χ0) is 12.5. The van der Waals surface area contributed by atoms with Crippen molar-refractivity contribution in [2.24, 2.45) is 0 Å². The highest BCUT2D eigenvalue weighted by Gasteiger charge is 2.09. The second-order valence-electron chi connectivity index (χ2n) is 3.81. The SMILES string of the molecule is Cc1nc(N)c2[nH]c(Sc3ccccc3)nc2n1. The molecule has 0 spiro atoms. The molecule has 2 heterocycles. The number of nitrogen functional groups attached to an aromatic ring is 1. The Morgan fingerprint density at radius 1 is 1.11 bits per heavy atom. The van der Waals surface area contributed by atoms with Gasteiger partial charge < -0.3 is 10.7 Å². The summed E-state index contributed by atoms with van der Waals surface area (Å²) in [4.78, 5) is 17.0. The molecule has 0 aliphatic heterocycles. The summed E-state index contributed by atoms with van der Waals surface area (Å²) in [6.07, 6.45) is 0. The minimum absolute atomic E-state index is 0.435. The molecular weight excluding hydrogens is 246 g/mol. The zero-order valence-corrected chi connectivity index (χ0v) is 10.5. The number of H-pyrrole nitrogens is 1. The van der Waals surface area contributed by atoms with Gasteiger partial charge in [-0.3, -0.25) is 0 Å². The Morgan fingerprint density at radius 2 is 1.89 bits per heavy atom. The quantitative estimate of drug-likeness (QED) is 0.736. The molecule has 0 radical (unpaired) electrons. The number of anilines is 1. The Balaban J connectivity index is 2.01. The maximum absolute atomic E-state index is 5.83. The Hall–Kier alpha value is -2.08. The lowest BCUT2D eigenvalue weighted by molar-refractivity contribution is 1.06. The Kier molecular flexibility index (Phi) is 2.64. The van der Waals surface area contributed by atoms with Gasteiger partial charge in [0.25, 0.3) is 0 Å². The number of nitrogens with zero attached hydrogens (tertiary/aromatic N) is 3. The van der Waals surface area contributed by atoms with E-state index in [1.807, 2.05) is 30.3 Å². The van der Waals surface area contributed by atoms with E-state index in [4.69, 9.17) is 5.73 Å². The van der Waals surface area contributed by atoms with Gasteiger partial charge in [0.1, 0.15) is 11.3 Å². The third-order valence-corrected chi connectivity index (χ3v) is 3.32. The highest BCUT2D eigenvalue weighted by molar-refractivity contribution is 7.99. The monoisotopic (exact) mass is 257 g/mol.